The van der Waals surface area contributed by atoms with Crippen LogP contribution in [0.5, 0.6) is 0 Å². The van der Waals surface area contributed by atoms with Gasteiger partial charge in [-0.1, -0.05) is 6.92 Å². The molecule has 0 aliphatic heterocycles. The molecular formula is C7H18N4. The molecule has 0 aliphatic carbocycles. The number of nitrogens with two attached hydrogens (primary N) is 2. The summed E-state index contributed by atoms with van der Waals surface area (Å²) in [7, 11) is 1.88. The van der Waals surface area contributed by atoms with Crippen LogP contribution < -0.4 is 11.6 Å². The Kier molecular flexibility index (Phi) is 3.17. The first kappa shape index (κ1) is 10.1. The zero-order valence-corrected chi connectivity index (χ0v) is 7.76. The van der Waals surface area contributed by atoms with Gasteiger partial charge in [0.1, 0.15) is 0 Å². The summed E-state index contributed by atoms with van der Waals surface area (Å²) in [5.74, 6) is 5.42. The lowest BCUT2D eigenvalue weighted by Crippen LogP contribution is -2.48. The highest BCUT2D eigenvalue weighted by Crippen LogP contribution is 2.15. The minimum absolute atomic E-state index is 0.0208. The number of hydrogen-bond acceptors (Lipinski definition) is 2. The van der Waals surface area contributed by atoms with Crippen LogP contribution in [0.3, 0.4) is 0 Å². The smallest absolute Gasteiger partial charge is 0.213 e. The minimum Gasteiger partial charge on any atom is -0.368 e. The summed E-state index contributed by atoms with van der Waals surface area (Å²) in [6.07, 6.45) is 1.000. The molecule has 0 spiro atoms. The zero-order valence-electron chi connectivity index (χ0n) is 7.76. The van der Waals surface area contributed by atoms with Crippen LogP contribution in [-0.2, 0) is 0 Å². The average molecular weight is 158 g/mol. The first-order chi connectivity index (χ1) is 4.95. The maximum absolute atomic E-state index is 5.53. The number of guanidine groups is 1. The van der Waals surface area contributed by atoms with E-state index >= 15 is 0 Å². The molecule has 0 heterocycles. The van der Waals surface area contributed by atoms with E-state index in [1.165, 1.54) is 0 Å². The molecule has 0 saturated carbocycles. The molecule has 0 saturated heterocycles. The van der Waals surface area contributed by atoms with Gasteiger partial charge in [-0.15, -0.1) is 5.10 Å². The lowest BCUT2D eigenvalue weighted by Gasteiger charge is -2.35. The van der Waals surface area contributed by atoms with Crippen LogP contribution in [0, 0.1) is 0 Å². The van der Waals surface area contributed by atoms with Gasteiger partial charge in [-0.3, -0.25) is 0 Å². The topological polar surface area (TPSA) is 67.6 Å². The first-order valence-corrected chi connectivity index (χ1v) is 3.73. The van der Waals surface area contributed by atoms with Gasteiger partial charge in [0.2, 0.25) is 5.96 Å². The van der Waals surface area contributed by atoms with Crippen LogP contribution in [0.1, 0.15) is 27.2 Å². The van der Waals surface area contributed by atoms with Crippen LogP contribution in [0.25, 0.3) is 0 Å². The monoisotopic (exact) mass is 158 g/mol. The lowest BCUT2D eigenvalue weighted by molar-refractivity contribution is 0.243. The molecule has 0 amide bonds. The molecule has 0 rings (SSSR count). The molecule has 0 aromatic carbocycles. The minimum atomic E-state index is 0.0208. The Morgan fingerprint density at radius 1 is 1.55 bits per heavy atom. The normalized spacial score (nSPS) is 13.3. The molecule has 0 fully saturated rings. The Balaban J connectivity index is 4.35. The molecular weight excluding hydrogens is 140 g/mol. The highest BCUT2D eigenvalue weighted by molar-refractivity contribution is 5.78. The Labute approximate surface area is 68.2 Å². The maximum Gasteiger partial charge on any atom is 0.213 e. The molecule has 4 N–H and O–H groups in total. The Hall–Kier alpha value is -0.930. The third-order valence-corrected chi connectivity index (χ3v) is 2.25. The molecule has 0 radical (unpaired) electrons. The molecule has 0 aromatic rings. The van der Waals surface area contributed by atoms with E-state index < -0.39 is 0 Å². The SMILES string of the molecule is CCC(C)(C)N(C)C(N)=NN. The predicted octanol–water partition coefficient (Wildman–Crippen LogP) is 0.295. The molecule has 0 aliphatic rings. The molecule has 0 atom stereocenters. The van der Waals surface area contributed by atoms with Gasteiger partial charge in [-0.05, 0) is 20.3 Å². The molecule has 0 unspecified atom stereocenters. The van der Waals surface area contributed by atoms with Gasteiger partial charge in [0, 0.05) is 12.6 Å². The predicted molar refractivity (Wildman–Crippen MR) is 47.9 cm³/mol. The summed E-state index contributed by atoms with van der Waals surface area (Å²) in [6, 6.07) is 0. The highest BCUT2D eigenvalue weighted by atomic mass is 15.3. The molecule has 4 heteroatoms. The quantitative estimate of drug-likeness (QED) is 0.263. The average Bonchev–Trinajstić information content (AvgIpc) is 2.01. The van der Waals surface area contributed by atoms with E-state index in [0.29, 0.717) is 5.96 Å². The van der Waals surface area contributed by atoms with Crippen LogP contribution in [-0.4, -0.2) is 23.4 Å². The van der Waals surface area contributed by atoms with Crippen LogP contribution in [0.15, 0.2) is 5.10 Å². The van der Waals surface area contributed by atoms with Crippen molar-refractivity contribution in [2.45, 2.75) is 32.7 Å². The second-order valence-electron chi connectivity index (χ2n) is 3.21. The van der Waals surface area contributed by atoms with Crippen molar-refractivity contribution >= 4 is 5.96 Å². The van der Waals surface area contributed by atoms with E-state index in [0.717, 1.165) is 6.42 Å². The van der Waals surface area contributed by atoms with Gasteiger partial charge in [-0.2, -0.15) is 0 Å². The zero-order chi connectivity index (χ0) is 9.07. The van der Waals surface area contributed by atoms with Gasteiger partial charge in [0.05, 0.1) is 0 Å². The van der Waals surface area contributed by atoms with Crippen molar-refractivity contribution in [3.63, 3.8) is 0 Å². The van der Waals surface area contributed by atoms with Gasteiger partial charge in [0.15, 0.2) is 0 Å². The van der Waals surface area contributed by atoms with E-state index in [9.17, 15) is 0 Å². The van der Waals surface area contributed by atoms with Gasteiger partial charge < -0.3 is 16.5 Å². The fraction of sp³-hybridized carbons (Fsp3) is 0.857. The fourth-order valence-corrected chi connectivity index (χ4v) is 0.634. The van der Waals surface area contributed by atoms with Gasteiger partial charge in [0.25, 0.3) is 0 Å². The molecule has 0 bridgehead atoms. The van der Waals surface area contributed by atoms with Gasteiger partial charge in [-0.25, -0.2) is 0 Å². The van der Waals surface area contributed by atoms with E-state index in [1.807, 2.05) is 11.9 Å². The number of nitrogens with zero attached hydrogens (tertiary/aromatic N) is 2. The van der Waals surface area contributed by atoms with E-state index in [1.54, 1.807) is 0 Å². The number of hydrazone groups is 1. The van der Waals surface area contributed by atoms with E-state index in [-0.39, 0.29) is 5.54 Å². The largest absolute Gasteiger partial charge is 0.368 e. The molecule has 0 aromatic heterocycles. The van der Waals surface area contributed by atoms with Crippen LogP contribution in [0.4, 0.5) is 0 Å². The maximum atomic E-state index is 5.53. The molecule has 11 heavy (non-hydrogen) atoms. The van der Waals surface area contributed by atoms with Crippen molar-refractivity contribution in [2.24, 2.45) is 16.7 Å². The van der Waals surface area contributed by atoms with Crippen molar-refractivity contribution in [2.75, 3.05) is 7.05 Å². The van der Waals surface area contributed by atoms with Crippen molar-refractivity contribution < 1.29 is 0 Å². The summed E-state index contributed by atoms with van der Waals surface area (Å²) in [5, 5.41) is 3.42. The Morgan fingerprint density at radius 2 is 2.00 bits per heavy atom. The first-order valence-electron chi connectivity index (χ1n) is 3.73. The van der Waals surface area contributed by atoms with Crippen molar-refractivity contribution in [1.29, 1.82) is 0 Å². The molecule has 4 nitrogen and oxygen atoms in total. The van der Waals surface area contributed by atoms with E-state index in [4.69, 9.17) is 11.6 Å². The molecule has 66 valence electrons. The fourth-order valence-electron chi connectivity index (χ4n) is 0.634. The lowest BCUT2D eigenvalue weighted by atomic mass is 10.0. The third-order valence-electron chi connectivity index (χ3n) is 2.25. The second kappa shape index (κ2) is 3.46. The number of hydrogen-bond donors (Lipinski definition) is 2. The van der Waals surface area contributed by atoms with Gasteiger partial charge >= 0.3 is 0 Å². The summed E-state index contributed by atoms with van der Waals surface area (Å²) < 4.78 is 0. The van der Waals surface area contributed by atoms with Crippen molar-refractivity contribution in [3.05, 3.63) is 0 Å². The van der Waals surface area contributed by atoms with Crippen LogP contribution in [0.2, 0.25) is 0 Å². The van der Waals surface area contributed by atoms with Crippen molar-refractivity contribution in [1.82, 2.24) is 4.90 Å². The highest BCUT2D eigenvalue weighted by Gasteiger charge is 2.22. The Bertz CT molecular complexity index is 151. The standard InChI is InChI=1S/C7H18N4/c1-5-7(2,3)11(4)6(8)10-9/h5,9H2,1-4H3,(H2,8,10). The van der Waals surface area contributed by atoms with Crippen molar-refractivity contribution in [3.8, 4) is 0 Å². The summed E-state index contributed by atoms with van der Waals surface area (Å²) in [4.78, 5) is 1.87. The Morgan fingerprint density at radius 3 is 2.27 bits per heavy atom. The third kappa shape index (κ3) is 2.29. The summed E-state index contributed by atoms with van der Waals surface area (Å²) in [5.41, 5.74) is 5.55. The van der Waals surface area contributed by atoms with Crippen LogP contribution >= 0.6 is 0 Å². The summed E-state index contributed by atoms with van der Waals surface area (Å²) >= 11 is 0. The summed E-state index contributed by atoms with van der Waals surface area (Å²) in [6.45, 7) is 6.27. The van der Waals surface area contributed by atoms with E-state index in [2.05, 4.69) is 25.9 Å². The second-order valence-corrected chi connectivity index (χ2v) is 3.21. The number of rotatable bonds is 2.